The van der Waals surface area contributed by atoms with E-state index in [0.717, 1.165) is 54.7 Å². The van der Waals surface area contributed by atoms with Crippen LogP contribution < -0.4 is 11.1 Å². The van der Waals surface area contributed by atoms with Crippen LogP contribution in [0.15, 0.2) is 119 Å². The lowest BCUT2D eigenvalue weighted by Gasteiger charge is -2.08. The Morgan fingerprint density at radius 1 is 0.425 bits per heavy atom. The average molecular weight is 515 g/mol. The maximum absolute atomic E-state index is 13.8. The van der Waals surface area contributed by atoms with Crippen LogP contribution in [0.3, 0.4) is 0 Å². The summed E-state index contributed by atoms with van der Waals surface area (Å²) >= 11 is 0. The number of pyridine rings is 2. The molecule has 0 aliphatic rings. The quantitative estimate of drug-likeness (QED) is 0.246. The van der Waals surface area contributed by atoms with Crippen molar-refractivity contribution in [3.8, 4) is 22.8 Å². The second kappa shape index (κ2) is 7.48. The molecule has 6 nitrogen and oxygen atoms in total. The molecular weight excluding hydrogens is 496 g/mol. The molecule has 0 radical (unpaired) electrons. The van der Waals surface area contributed by atoms with Crippen LogP contribution in [-0.2, 0) is 0 Å². The minimum absolute atomic E-state index is 0.102. The third-order valence-electron chi connectivity index (χ3n) is 8.03. The van der Waals surface area contributed by atoms with Crippen LogP contribution in [0.5, 0.6) is 0 Å². The number of benzene rings is 5. The van der Waals surface area contributed by atoms with Crippen molar-refractivity contribution >= 4 is 54.4 Å². The highest BCUT2D eigenvalue weighted by atomic mass is 16.1. The monoisotopic (exact) mass is 514 g/mol. The molecule has 0 saturated carbocycles. The standard InChI is InChI=1S/C34H18N4O2/c39-33-25-12-3-1-10-21(25)23-14-6-16-27-29(23)37(33)31(35-27)19-8-5-9-20(18-19)32-36-28-17-7-15-24-22-11-2-4-13-26(22)34(40)38(32)30(24)28/h1-18H. The topological polar surface area (TPSA) is 68.7 Å². The Labute approximate surface area is 225 Å². The van der Waals surface area contributed by atoms with Crippen LogP contribution in [0, 0.1) is 0 Å². The number of hydrogen-bond donors (Lipinski definition) is 0. The number of hydrogen-bond acceptors (Lipinski definition) is 4. The van der Waals surface area contributed by atoms with Crippen molar-refractivity contribution in [1.29, 1.82) is 0 Å². The van der Waals surface area contributed by atoms with Gasteiger partial charge in [-0.25, -0.2) is 9.97 Å². The van der Waals surface area contributed by atoms with Crippen LogP contribution >= 0.6 is 0 Å². The first-order chi connectivity index (χ1) is 19.7. The highest BCUT2D eigenvalue weighted by Crippen LogP contribution is 2.34. The van der Waals surface area contributed by atoms with Crippen LogP contribution in [-0.4, -0.2) is 18.8 Å². The Kier molecular flexibility index (Phi) is 3.99. The Hall–Kier alpha value is -5.62. The fraction of sp³-hybridized carbons (Fsp3) is 0. The number of imidazole rings is 2. The normalized spacial score (nSPS) is 12.2. The number of fused-ring (bicyclic) bond motifs is 4. The third kappa shape index (κ3) is 2.62. The fourth-order valence-corrected chi connectivity index (χ4v) is 6.32. The highest BCUT2D eigenvalue weighted by Gasteiger charge is 2.21. The second-order valence-corrected chi connectivity index (χ2v) is 10.2. The van der Waals surface area contributed by atoms with Gasteiger partial charge in [-0.15, -0.1) is 0 Å². The molecule has 5 aromatic carbocycles. The summed E-state index contributed by atoms with van der Waals surface area (Å²) < 4.78 is 3.44. The smallest absolute Gasteiger partial charge is 0.264 e. The van der Waals surface area contributed by atoms with Gasteiger partial charge >= 0.3 is 0 Å². The van der Waals surface area contributed by atoms with E-state index >= 15 is 0 Å². The van der Waals surface area contributed by atoms with Crippen molar-refractivity contribution in [2.45, 2.75) is 0 Å². The Morgan fingerprint density at radius 2 is 0.825 bits per heavy atom. The molecule has 0 aliphatic heterocycles. The van der Waals surface area contributed by atoms with Gasteiger partial charge in [0.2, 0.25) is 0 Å². The van der Waals surface area contributed by atoms with Gasteiger partial charge in [0.1, 0.15) is 11.6 Å². The summed E-state index contributed by atoms with van der Waals surface area (Å²) in [5.74, 6) is 1.13. The van der Waals surface area contributed by atoms with Crippen LogP contribution in [0.1, 0.15) is 0 Å². The second-order valence-electron chi connectivity index (χ2n) is 10.2. The number of para-hydroxylation sites is 2. The number of nitrogens with zero attached hydrogens (tertiary/aromatic N) is 4. The van der Waals surface area contributed by atoms with E-state index in [0.29, 0.717) is 22.4 Å². The third-order valence-corrected chi connectivity index (χ3v) is 8.03. The zero-order chi connectivity index (χ0) is 26.5. The summed E-state index contributed by atoms with van der Waals surface area (Å²) in [4.78, 5) is 37.4. The van der Waals surface area contributed by atoms with Crippen molar-refractivity contribution in [2.24, 2.45) is 0 Å². The van der Waals surface area contributed by atoms with E-state index in [4.69, 9.17) is 9.97 Å². The average Bonchev–Trinajstić information content (AvgIpc) is 3.60. The largest absolute Gasteiger partial charge is 0.268 e. The first-order valence-corrected chi connectivity index (χ1v) is 13.1. The molecule has 0 N–H and O–H groups in total. The molecule has 0 fully saturated rings. The maximum Gasteiger partial charge on any atom is 0.264 e. The summed E-state index contributed by atoms with van der Waals surface area (Å²) in [5, 5.41) is 5.12. The Bertz CT molecular complexity index is 2420. The van der Waals surface area contributed by atoms with Gasteiger partial charge in [0.15, 0.2) is 0 Å². The number of aromatic nitrogens is 4. The highest BCUT2D eigenvalue weighted by molar-refractivity contribution is 6.12. The van der Waals surface area contributed by atoms with Crippen molar-refractivity contribution < 1.29 is 0 Å². The van der Waals surface area contributed by atoms with Gasteiger partial charge in [0.05, 0.1) is 22.1 Å². The zero-order valence-corrected chi connectivity index (χ0v) is 21.0. The Morgan fingerprint density at radius 3 is 1.30 bits per heavy atom. The SMILES string of the molecule is O=c1c2ccccc2c2cccc3nc(-c4cccc(-c5nc6cccc7c8ccccc8c(=O)n5c67)c4)n1c32. The van der Waals surface area contributed by atoms with Crippen LogP contribution in [0.25, 0.3) is 77.2 Å². The van der Waals surface area contributed by atoms with Gasteiger partial charge in [-0.05, 0) is 41.1 Å². The minimum Gasteiger partial charge on any atom is -0.268 e. The number of rotatable bonds is 2. The van der Waals surface area contributed by atoms with Crippen molar-refractivity contribution in [3.63, 3.8) is 0 Å². The molecule has 9 aromatic rings. The fourth-order valence-electron chi connectivity index (χ4n) is 6.32. The lowest BCUT2D eigenvalue weighted by atomic mass is 10.1. The molecule has 0 atom stereocenters. The predicted molar refractivity (Wildman–Crippen MR) is 160 cm³/mol. The van der Waals surface area contributed by atoms with E-state index < -0.39 is 0 Å². The summed E-state index contributed by atoms with van der Waals surface area (Å²) in [5.41, 5.74) is 4.49. The zero-order valence-electron chi connectivity index (χ0n) is 21.0. The van der Waals surface area contributed by atoms with Gasteiger partial charge in [-0.1, -0.05) is 78.9 Å². The van der Waals surface area contributed by atoms with Gasteiger partial charge in [0, 0.05) is 32.7 Å². The summed E-state index contributed by atoms with van der Waals surface area (Å²) in [6, 6.07) is 35.1. The first-order valence-electron chi connectivity index (χ1n) is 13.1. The summed E-state index contributed by atoms with van der Waals surface area (Å²) in [7, 11) is 0. The molecule has 40 heavy (non-hydrogen) atoms. The Balaban J connectivity index is 1.36. The molecule has 0 amide bonds. The van der Waals surface area contributed by atoms with Crippen molar-refractivity contribution in [2.75, 3.05) is 0 Å². The first kappa shape index (κ1) is 21.3. The molecule has 0 saturated heterocycles. The molecule has 9 rings (SSSR count). The van der Waals surface area contributed by atoms with Crippen molar-refractivity contribution in [1.82, 2.24) is 18.8 Å². The molecular formula is C34H18N4O2. The van der Waals surface area contributed by atoms with E-state index in [-0.39, 0.29) is 11.1 Å². The maximum atomic E-state index is 13.8. The molecule has 0 unspecified atom stereocenters. The van der Waals surface area contributed by atoms with Gasteiger partial charge < -0.3 is 0 Å². The molecule has 4 aromatic heterocycles. The van der Waals surface area contributed by atoms with E-state index in [9.17, 15) is 9.59 Å². The lowest BCUT2D eigenvalue weighted by molar-refractivity contribution is 1.12. The molecule has 4 heterocycles. The van der Waals surface area contributed by atoms with Crippen LogP contribution in [0.2, 0.25) is 0 Å². The van der Waals surface area contributed by atoms with E-state index in [1.54, 1.807) is 8.80 Å². The van der Waals surface area contributed by atoms with Gasteiger partial charge in [-0.3, -0.25) is 18.4 Å². The van der Waals surface area contributed by atoms with E-state index in [2.05, 4.69) is 0 Å². The molecule has 0 bridgehead atoms. The molecule has 0 spiro atoms. The minimum atomic E-state index is -0.102. The van der Waals surface area contributed by atoms with Crippen molar-refractivity contribution in [3.05, 3.63) is 130 Å². The van der Waals surface area contributed by atoms with E-state index in [1.807, 2.05) is 109 Å². The van der Waals surface area contributed by atoms with Crippen LogP contribution in [0.4, 0.5) is 0 Å². The van der Waals surface area contributed by atoms with Gasteiger partial charge in [0.25, 0.3) is 11.1 Å². The summed E-state index contributed by atoms with van der Waals surface area (Å²) in [6.45, 7) is 0. The lowest BCUT2D eigenvalue weighted by Crippen LogP contribution is -2.14. The molecule has 186 valence electrons. The van der Waals surface area contributed by atoms with E-state index in [1.165, 1.54) is 0 Å². The predicted octanol–water partition coefficient (Wildman–Crippen LogP) is 6.52. The molecule has 0 aliphatic carbocycles. The molecule has 6 heteroatoms. The van der Waals surface area contributed by atoms with Gasteiger partial charge in [-0.2, -0.15) is 0 Å². The summed E-state index contributed by atoms with van der Waals surface area (Å²) in [6.07, 6.45) is 0.